The number of hydrogen-bond donors (Lipinski definition) is 0. The van der Waals surface area contributed by atoms with Gasteiger partial charge in [0.25, 0.3) is 0 Å². The highest BCUT2D eigenvalue weighted by Gasteiger charge is 2.19. The van der Waals surface area contributed by atoms with Gasteiger partial charge in [0.2, 0.25) is 11.0 Å². The summed E-state index contributed by atoms with van der Waals surface area (Å²) in [6.07, 6.45) is 0. The Kier molecular flexibility index (Phi) is 3.89. The number of nitrogens with zero attached hydrogens (tertiary/aromatic N) is 2. The van der Waals surface area contributed by atoms with E-state index in [9.17, 15) is 0 Å². The summed E-state index contributed by atoms with van der Waals surface area (Å²) in [6.45, 7) is 3.17. The summed E-state index contributed by atoms with van der Waals surface area (Å²) in [5.74, 6) is 0. The summed E-state index contributed by atoms with van der Waals surface area (Å²) in [6, 6.07) is 26.3. The Balaban J connectivity index is 2.11. The van der Waals surface area contributed by atoms with Crippen LogP contribution in [-0.2, 0) is 6.54 Å². The number of anilines is 1. The summed E-state index contributed by atoms with van der Waals surface area (Å²) in [4.78, 5) is 2.13. The molecule has 2 heteroatoms. The number of pyridine rings is 1. The molecule has 0 aliphatic carbocycles. The van der Waals surface area contributed by atoms with Gasteiger partial charge in [-0.3, -0.25) is 0 Å². The SMILES string of the molecule is CC[n+]1c2ccccc2c(-c2ccc(N(C)C)cc2)c2ccccc21. The zero-order valence-corrected chi connectivity index (χ0v) is 15.0. The average Bonchev–Trinajstić information content (AvgIpc) is 2.66. The number of rotatable bonds is 3. The average molecular weight is 327 g/mol. The molecule has 0 fully saturated rings. The highest BCUT2D eigenvalue weighted by atomic mass is 15.1. The minimum absolute atomic E-state index is 0.959. The van der Waals surface area contributed by atoms with Crippen molar-refractivity contribution in [3.63, 3.8) is 0 Å². The van der Waals surface area contributed by atoms with E-state index in [1.165, 1.54) is 38.6 Å². The van der Waals surface area contributed by atoms with E-state index in [1.54, 1.807) is 0 Å². The molecule has 0 amide bonds. The van der Waals surface area contributed by atoms with Gasteiger partial charge in [0.15, 0.2) is 0 Å². The zero-order chi connectivity index (χ0) is 17.4. The van der Waals surface area contributed by atoms with Crippen molar-refractivity contribution in [1.29, 1.82) is 0 Å². The molecule has 0 N–H and O–H groups in total. The van der Waals surface area contributed by atoms with Crippen LogP contribution in [0.4, 0.5) is 5.69 Å². The van der Waals surface area contributed by atoms with E-state index in [-0.39, 0.29) is 0 Å². The fourth-order valence-corrected chi connectivity index (χ4v) is 3.69. The molecule has 0 aliphatic heterocycles. The molecule has 0 saturated heterocycles. The molecule has 2 nitrogen and oxygen atoms in total. The number of fused-ring (bicyclic) bond motifs is 2. The van der Waals surface area contributed by atoms with Gasteiger partial charge < -0.3 is 4.90 Å². The third kappa shape index (κ3) is 2.54. The fraction of sp³-hybridized carbons (Fsp3) is 0.174. The Morgan fingerprint density at radius 1 is 0.720 bits per heavy atom. The van der Waals surface area contributed by atoms with Gasteiger partial charge in [-0.2, -0.15) is 4.57 Å². The van der Waals surface area contributed by atoms with Crippen LogP contribution in [0.5, 0.6) is 0 Å². The Labute approximate surface area is 149 Å². The first-order chi connectivity index (χ1) is 12.2. The van der Waals surface area contributed by atoms with E-state index in [4.69, 9.17) is 0 Å². The Morgan fingerprint density at radius 3 is 1.72 bits per heavy atom. The molecule has 0 radical (unpaired) electrons. The van der Waals surface area contributed by atoms with Crippen molar-refractivity contribution in [2.75, 3.05) is 19.0 Å². The summed E-state index contributed by atoms with van der Waals surface area (Å²) in [5.41, 5.74) is 6.38. The van der Waals surface area contributed by atoms with Crippen LogP contribution in [0, 0.1) is 0 Å². The lowest BCUT2D eigenvalue weighted by Gasteiger charge is -2.15. The first-order valence-electron chi connectivity index (χ1n) is 8.81. The number of para-hydroxylation sites is 2. The van der Waals surface area contributed by atoms with E-state index in [0.29, 0.717) is 0 Å². The van der Waals surface area contributed by atoms with E-state index >= 15 is 0 Å². The van der Waals surface area contributed by atoms with Crippen LogP contribution in [-0.4, -0.2) is 14.1 Å². The second kappa shape index (κ2) is 6.21. The third-order valence-corrected chi connectivity index (χ3v) is 4.92. The second-order valence-electron chi connectivity index (χ2n) is 6.59. The molecule has 0 bridgehead atoms. The van der Waals surface area contributed by atoms with Crippen molar-refractivity contribution >= 4 is 27.5 Å². The largest absolute Gasteiger partial charge is 0.378 e. The maximum atomic E-state index is 2.41. The molecule has 0 saturated carbocycles. The van der Waals surface area contributed by atoms with Gasteiger partial charge in [-0.1, -0.05) is 36.4 Å². The van der Waals surface area contributed by atoms with Crippen LogP contribution in [0.3, 0.4) is 0 Å². The summed E-state index contributed by atoms with van der Waals surface area (Å²) in [5, 5.41) is 2.61. The third-order valence-electron chi connectivity index (χ3n) is 4.92. The smallest absolute Gasteiger partial charge is 0.213 e. The van der Waals surface area contributed by atoms with Crippen molar-refractivity contribution in [3.8, 4) is 11.1 Å². The molecule has 0 atom stereocenters. The first-order valence-corrected chi connectivity index (χ1v) is 8.81. The fourth-order valence-electron chi connectivity index (χ4n) is 3.69. The molecule has 0 aliphatic rings. The molecule has 1 heterocycles. The highest BCUT2D eigenvalue weighted by molar-refractivity contribution is 6.07. The lowest BCUT2D eigenvalue weighted by Crippen LogP contribution is -2.34. The van der Waals surface area contributed by atoms with Crippen LogP contribution in [0.25, 0.3) is 32.9 Å². The summed E-state index contributed by atoms with van der Waals surface area (Å²) in [7, 11) is 4.15. The number of benzene rings is 3. The predicted octanol–water partition coefficient (Wildman–Crippen LogP) is 5.03. The lowest BCUT2D eigenvalue weighted by atomic mass is 9.95. The van der Waals surface area contributed by atoms with Crippen molar-refractivity contribution in [2.24, 2.45) is 0 Å². The molecule has 4 aromatic rings. The Hall–Kier alpha value is -2.87. The molecule has 25 heavy (non-hydrogen) atoms. The first kappa shape index (κ1) is 15.6. The number of aryl methyl sites for hydroxylation is 1. The predicted molar refractivity (Wildman–Crippen MR) is 107 cm³/mol. The Bertz CT molecular complexity index is 990. The van der Waals surface area contributed by atoms with E-state index in [2.05, 4.69) is 103 Å². The van der Waals surface area contributed by atoms with Gasteiger partial charge in [0.1, 0.15) is 6.54 Å². The molecule has 3 aromatic carbocycles. The number of aromatic nitrogens is 1. The molecule has 0 unspecified atom stereocenters. The van der Waals surface area contributed by atoms with Gasteiger partial charge in [-0.15, -0.1) is 0 Å². The Morgan fingerprint density at radius 2 is 1.24 bits per heavy atom. The summed E-state index contributed by atoms with van der Waals surface area (Å²) < 4.78 is 2.41. The van der Waals surface area contributed by atoms with Gasteiger partial charge in [-0.05, 0) is 36.8 Å². The van der Waals surface area contributed by atoms with Crippen LogP contribution >= 0.6 is 0 Å². The van der Waals surface area contributed by atoms with Crippen LogP contribution in [0.15, 0.2) is 72.8 Å². The van der Waals surface area contributed by atoms with Gasteiger partial charge >= 0.3 is 0 Å². The van der Waals surface area contributed by atoms with E-state index in [1.807, 2.05) is 0 Å². The lowest BCUT2D eigenvalue weighted by molar-refractivity contribution is -0.641. The zero-order valence-electron chi connectivity index (χ0n) is 15.0. The highest BCUT2D eigenvalue weighted by Crippen LogP contribution is 2.34. The normalized spacial score (nSPS) is 11.2. The van der Waals surface area contributed by atoms with Crippen LogP contribution in [0.1, 0.15) is 6.92 Å². The second-order valence-corrected chi connectivity index (χ2v) is 6.59. The standard InChI is InChI=1S/C23H23N2/c1-4-25-21-11-7-5-9-19(21)23(20-10-6-8-12-22(20)25)17-13-15-18(16-14-17)24(2)3/h5-16H,4H2,1-3H3/q+1. The van der Waals surface area contributed by atoms with Crippen LogP contribution < -0.4 is 9.47 Å². The molecule has 124 valence electrons. The molecule has 1 aromatic heterocycles. The van der Waals surface area contributed by atoms with Crippen molar-refractivity contribution in [1.82, 2.24) is 0 Å². The quantitative estimate of drug-likeness (QED) is 0.378. The van der Waals surface area contributed by atoms with Crippen molar-refractivity contribution < 1.29 is 4.57 Å². The monoisotopic (exact) mass is 327 g/mol. The maximum absolute atomic E-state index is 2.41. The minimum atomic E-state index is 0.959. The summed E-state index contributed by atoms with van der Waals surface area (Å²) >= 11 is 0. The molecule has 0 spiro atoms. The van der Waals surface area contributed by atoms with Gasteiger partial charge in [0, 0.05) is 37.5 Å². The van der Waals surface area contributed by atoms with Gasteiger partial charge in [0.05, 0.1) is 10.8 Å². The number of hydrogen-bond acceptors (Lipinski definition) is 1. The van der Waals surface area contributed by atoms with E-state index in [0.717, 1.165) is 6.54 Å². The minimum Gasteiger partial charge on any atom is -0.378 e. The molecular weight excluding hydrogens is 304 g/mol. The van der Waals surface area contributed by atoms with Crippen LogP contribution in [0.2, 0.25) is 0 Å². The maximum Gasteiger partial charge on any atom is 0.213 e. The van der Waals surface area contributed by atoms with Gasteiger partial charge in [-0.25, -0.2) is 0 Å². The topological polar surface area (TPSA) is 7.12 Å². The molecular formula is C23H23N2+. The van der Waals surface area contributed by atoms with E-state index < -0.39 is 0 Å². The van der Waals surface area contributed by atoms with Crippen molar-refractivity contribution in [2.45, 2.75) is 13.5 Å². The van der Waals surface area contributed by atoms with Crippen molar-refractivity contribution in [3.05, 3.63) is 72.8 Å². The molecule has 4 rings (SSSR count).